The van der Waals surface area contributed by atoms with Crippen LogP contribution in [0.2, 0.25) is 0 Å². The Morgan fingerprint density at radius 2 is 1.83 bits per heavy atom. The molecule has 24 heavy (non-hydrogen) atoms. The number of hydrogen-bond donors (Lipinski definition) is 2. The van der Waals surface area contributed by atoms with E-state index in [0.717, 1.165) is 17.7 Å². The highest BCUT2D eigenvalue weighted by Gasteiger charge is 2.13. The van der Waals surface area contributed by atoms with Gasteiger partial charge < -0.3 is 10.6 Å². The second kappa shape index (κ2) is 8.54. The molecular weight excluding hydrogens is 298 g/mol. The van der Waals surface area contributed by atoms with Gasteiger partial charge in [-0.25, -0.2) is 0 Å². The topological polar surface area (TPSA) is 64.9 Å². The zero-order valence-corrected chi connectivity index (χ0v) is 13.9. The van der Waals surface area contributed by atoms with Gasteiger partial charge in [0.15, 0.2) is 0 Å². The fourth-order valence-electron chi connectivity index (χ4n) is 2.24. The molecule has 0 aromatic heterocycles. The Kier molecular flexibility index (Phi) is 6.16. The van der Waals surface area contributed by atoms with Crippen LogP contribution in [0.4, 0.5) is 5.69 Å². The van der Waals surface area contributed by atoms with Gasteiger partial charge >= 0.3 is 0 Å². The summed E-state index contributed by atoms with van der Waals surface area (Å²) >= 11 is 0. The summed E-state index contributed by atoms with van der Waals surface area (Å²) in [7, 11) is 0. The molecule has 2 aromatic rings. The first-order chi connectivity index (χ1) is 11.6. The van der Waals surface area contributed by atoms with Gasteiger partial charge in [-0.3, -0.25) is 4.79 Å². The van der Waals surface area contributed by atoms with E-state index >= 15 is 0 Å². The van der Waals surface area contributed by atoms with Crippen LogP contribution in [0.5, 0.6) is 0 Å². The van der Waals surface area contributed by atoms with Gasteiger partial charge in [-0.1, -0.05) is 49.4 Å². The molecule has 0 bridgehead atoms. The summed E-state index contributed by atoms with van der Waals surface area (Å²) in [6.07, 6.45) is 2.41. The Labute approximate surface area is 142 Å². The molecule has 0 aliphatic carbocycles. The number of carbonyl (C=O) groups excluding carboxylic acids is 1. The number of para-hydroxylation sites is 1. The van der Waals surface area contributed by atoms with Crippen molar-refractivity contribution >= 4 is 11.6 Å². The lowest BCUT2D eigenvalue weighted by atomic mass is 10.0. The molecule has 4 nitrogen and oxygen atoms in total. The third-order valence-corrected chi connectivity index (χ3v) is 3.76. The average molecular weight is 319 g/mol. The van der Waals surface area contributed by atoms with E-state index in [9.17, 15) is 10.1 Å². The maximum atomic E-state index is 12.3. The predicted octanol–water partition coefficient (Wildman–Crippen LogP) is 3.95. The number of aryl methyl sites for hydroxylation is 1. The highest BCUT2D eigenvalue weighted by Crippen LogP contribution is 2.14. The number of amides is 1. The van der Waals surface area contributed by atoms with Crippen LogP contribution in [-0.4, -0.2) is 5.91 Å². The number of hydrogen-bond acceptors (Lipinski definition) is 3. The minimum absolute atomic E-state index is 0.0379. The van der Waals surface area contributed by atoms with Crippen molar-refractivity contribution in [3.05, 3.63) is 77.5 Å². The van der Waals surface area contributed by atoms with Crippen LogP contribution in [0.25, 0.3) is 0 Å². The van der Waals surface area contributed by atoms with Gasteiger partial charge in [-0.05, 0) is 36.6 Å². The van der Waals surface area contributed by atoms with E-state index in [1.54, 1.807) is 0 Å². The Bertz CT molecular complexity index is 743. The Morgan fingerprint density at radius 3 is 2.42 bits per heavy atom. The minimum Gasteiger partial charge on any atom is -0.360 e. The molecule has 1 atom stereocenters. The molecule has 0 heterocycles. The molecule has 1 amide bonds. The van der Waals surface area contributed by atoms with Gasteiger partial charge in [0.2, 0.25) is 0 Å². The molecule has 0 fully saturated rings. The molecule has 0 saturated carbocycles. The van der Waals surface area contributed by atoms with E-state index in [1.165, 1.54) is 11.8 Å². The molecule has 0 spiro atoms. The molecule has 4 heteroatoms. The van der Waals surface area contributed by atoms with Crippen LogP contribution in [0.15, 0.2) is 66.4 Å². The normalized spacial score (nSPS) is 12.1. The lowest BCUT2D eigenvalue weighted by Crippen LogP contribution is -2.28. The van der Waals surface area contributed by atoms with Gasteiger partial charge in [0.05, 0.1) is 6.04 Å². The molecule has 2 aromatic carbocycles. The van der Waals surface area contributed by atoms with Crippen LogP contribution >= 0.6 is 0 Å². The quantitative estimate of drug-likeness (QED) is 0.626. The van der Waals surface area contributed by atoms with Gasteiger partial charge in [-0.2, -0.15) is 5.26 Å². The van der Waals surface area contributed by atoms with Crippen molar-refractivity contribution in [2.45, 2.75) is 26.3 Å². The lowest BCUT2D eigenvalue weighted by Gasteiger charge is -2.14. The van der Waals surface area contributed by atoms with Crippen LogP contribution in [0.1, 0.15) is 31.0 Å². The Morgan fingerprint density at radius 1 is 1.17 bits per heavy atom. The molecule has 2 rings (SSSR count). The highest BCUT2D eigenvalue weighted by molar-refractivity contribution is 5.97. The molecule has 0 aliphatic rings. The fourth-order valence-corrected chi connectivity index (χ4v) is 2.24. The first-order valence-corrected chi connectivity index (χ1v) is 7.95. The second-order valence-corrected chi connectivity index (χ2v) is 5.47. The highest BCUT2D eigenvalue weighted by atomic mass is 16.1. The summed E-state index contributed by atoms with van der Waals surface area (Å²) in [5.74, 6) is -0.395. The third-order valence-electron chi connectivity index (χ3n) is 3.76. The number of nitriles is 1. The third kappa shape index (κ3) is 4.72. The number of benzene rings is 2. The van der Waals surface area contributed by atoms with E-state index in [0.29, 0.717) is 0 Å². The van der Waals surface area contributed by atoms with Crippen LogP contribution in [-0.2, 0) is 11.2 Å². The molecular formula is C20H21N3O. The maximum absolute atomic E-state index is 12.3. The number of nitrogens with zero attached hydrogens (tertiary/aromatic N) is 1. The molecule has 1 unspecified atom stereocenters. The summed E-state index contributed by atoms with van der Waals surface area (Å²) in [6, 6.07) is 19.3. The first-order valence-electron chi connectivity index (χ1n) is 7.95. The molecule has 0 saturated heterocycles. The smallest absolute Gasteiger partial charge is 0.263 e. The number of nitrogens with one attached hydrogen (secondary N) is 2. The summed E-state index contributed by atoms with van der Waals surface area (Å²) in [6.45, 7) is 4.00. The molecule has 122 valence electrons. The van der Waals surface area contributed by atoms with E-state index in [4.69, 9.17) is 0 Å². The summed E-state index contributed by atoms with van der Waals surface area (Å²) in [5, 5.41) is 15.0. The zero-order chi connectivity index (χ0) is 17.4. The van der Waals surface area contributed by atoms with Crippen molar-refractivity contribution < 1.29 is 4.79 Å². The molecule has 0 radical (unpaired) electrons. The van der Waals surface area contributed by atoms with Crippen LogP contribution in [0, 0.1) is 11.3 Å². The fraction of sp³-hybridized carbons (Fsp3) is 0.200. The van der Waals surface area contributed by atoms with Crippen LogP contribution < -0.4 is 10.6 Å². The van der Waals surface area contributed by atoms with Gasteiger partial charge in [0.25, 0.3) is 5.91 Å². The van der Waals surface area contributed by atoms with E-state index < -0.39 is 5.91 Å². The zero-order valence-electron chi connectivity index (χ0n) is 13.9. The van der Waals surface area contributed by atoms with E-state index in [1.807, 2.05) is 55.5 Å². The SMILES string of the molecule is CCc1ccc(C(C)NC(=O)/C(C#N)=C\Nc2ccccc2)cc1. The second-order valence-electron chi connectivity index (χ2n) is 5.47. The van der Waals surface area contributed by atoms with E-state index in [-0.39, 0.29) is 11.6 Å². The van der Waals surface area contributed by atoms with Crippen molar-refractivity contribution in [1.29, 1.82) is 5.26 Å². The van der Waals surface area contributed by atoms with Crippen molar-refractivity contribution in [2.75, 3.05) is 5.32 Å². The van der Waals surface area contributed by atoms with Gasteiger partial charge in [0, 0.05) is 11.9 Å². The predicted molar refractivity (Wildman–Crippen MR) is 96.1 cm³/mol. The van der Waals surface area contributed by atoms with Crippen molar-refractivity contribution in [2.24, 2.45) is 0 Å². The van der Waals surface area contributed by atoms with Crippen molar-refractivity contribution in [3.8, 4) is 6.07 Å². The first kappa shape index (κ1) is 17.3. The standard InChI is InChI=1S/C20H21N3O/c1-3-16-9-11-17(12-10-16)15(2)23-20(24)18(13-21)14-22-19-7-5-4-6-8-19/h4-12,14-15,22H,3H2,1-2H3,(H,23,24)/b18-14-. The van der Waals surface area contributed by atoms with Crippen molar-refractivity contribution in [1.82, 2.24) is 5.32 Å². The molecule has 2 N–H and O–H groups in total. The summed E-state index contributed by atoms with van der Waals surface area (Å²) in [4.78, 5) is 12.3. The number of anilines is 1. The minimum atomic E-state index is -0.395. The summed E-state index contributed by atoms with van der Waals surface area (Å²) in [5.41, 5.74) is 3.12. The van der Waals surface area contributed by atoms with Gasteiger partial charge in [0.1, 0.15) is 11.6 Å². The maximum Gasteiger partial charge on any atom is 0.263 e. The Hall–Kier alpha value is -3.06. The number of rotatable bonds is 6. The monoisotopic (exact) mass is 319 g/mol. The number of carbonyl (C=O) groups is 1. The summed E-state index contributed by atoms with van der Waals surface area (Å²) < 4.78 is 0. The lowest BCUT2D eigenvalue weighted by molar-refractivity contribution is -0.117. The average Bonchev–Trinajstić information content (AvgIpc) is 2.63. The largest absolute Gasteiger partial charge is 0.360 e. The van der Waals surface area contributed by atoms with Gasteiger partial charge in [-0.15, -0.1) is 0 Å². The Balaban J connectivity index is 2.01. The van der Waals surface area contributed by atoms with Crippen LogP contribution in [0.3, 0.4) is 0 Å². The van der Waals surface area contributed by atoms with E-state index in [2.05, 4.69) is 29.7 Å². The molecule has 0 aliphatic heterocycles. The van der Waals surface area contributed by atoms with Crippen molar-refractivity contribution in [3.63, 3.8) is 0 Å².